The number of nitro benzene ring substituents is 1. The van der Waals surface area contributed by atoms with E-state index in [0.29, 0.717) is 0 Å². The van der Waals surface area contributed by atoms with E-state index in [0.717, 1.165) is 24.9 Å². The Morgan fingerprint density at radius 1 is 1.42 bits per heavy atom. The SMILES string of the molecule is CC(NC1CCCNC1=O)c1ccc([N+](=O)[O-])cc1. The summed E-state index contributed by atoms with van der Waals surface area (Å²) in [7, 11) is 0. The van der Waals surface area contributed by atoms with Crippen LogP contribution in [0.2, 0.25) is 0 Å². The number of piperidine rings is 1. The van der Waals surface area contributed by atoms with Crippen molar-refractivity contribution in [3.63, 3.8) is 0 Å². The van der Waals surface area contributed by atoms with Crippen molar-refractivity contribution in [2.45, 2.75) is 31.8 Å². The van der Waals surface area contributed by atoms with Crippen molar-refractivity contribution in [3.8, 4) is 0 Å². The molecule has 1 aromatic rings. The zero-order valence-corrected chi connectivity index (χ0v) is 10.8. The summed E-state index contributed by atoms with van der Waals surface area (Å²) in [4.78, 5) is 21.8. The molecule has 2 rings (SSSR count). The first kappa shape index (κ1) is 13.5. The molecular formula is C13H17N3O3. The molecule has 2 N–H and O–H groups in total. The fourth-order valence-electron chi connectivity index (χ4n) is 2.21. The van der Waals surface area contributed by atoms with Gasteiger partial charge in [-0.2, -0.15) is 0 Å². The Hall–Kier alpha value is -1.95. The standard InChI is InChI=1S/C13H17N3O3/c1-9(15-12-3-2-8-14-13(12)17)10-4-6-11(7-5-10)16(18)19/h4-7,9,12,15H,2-3,8H2,1H3,(H,14,17). The number of benzene rings is 1. The third kappa shape index (κ3) is 3.29. The van der Waals surface area contributed by atoms with Crippen molar-refractivity contribution < 1.29 is 9.72 Å². The molecule has 1 saturated heterocycles. The van der Waals surface area contributed by atoms with Crippen LogP contribution in [0.3, 0.4) is 0 Å². The highest BCUT2D eigenvalue weighted by Gasteiger charge is 2.23. The first-order valence-electron chi connectivity index (χ1n) is 6.36. The molecule has 0 spiro atoms. The van der Waals surface area contributed by atoms with Crippen molar-refractivity contribution in [2.75, 3.05) is 6.54 Å². The molecule has 19 heavy (non-hydrogen) atoms. The Morgan fingerprint density at radius 2 is 2.11 bits per heavy atom. The van der Waals surface area contributed by atoms with Gasteiger partial charge in [-0.3, -0.25) is 20.2 Å². The van der Waals surface area contributed by atoms with Gasteiger partial charge in [0.25, 0.3) is 5.69 Å². The lowest BCUT2D eigenvalue weighted by Crippen LogP contribution is -2.48. The fourth-order valence-corrected chi connectivity index (χ4v) is 2.21. The third-order valence-corrected chi connectivity index (χ3v) is 3.34. The predicted octanol–water partition coefficient (Wildman–Crippen LogP) is 1.52. The first-order valence-corrected chi connectivity index (χ1v) is 6.36. The number of carbonyl (C=O) groups is 1. The summed E-state index contributed by atoms with van der Waals surface area (Å²) in [6, 6.07) is 6.20. The molecule has 0 saturated carbocycles. The van der Waals surface area contributed by atoms with Crippen LogP contribution in [0.1, 0.15) is 31.4 Å². The van der Waals surface area contributed by atoms with E-state index < -0.39 is 4.92 Å². The fraction of sp³-hybridized carbons (Fsp3) is 0.462. The number of hydrogen-bond donors (Lipinski definition) is 2. The number of nitrogens with zero attached hydrogens (tertiary/aromatic N) is 1. The summed E-state index contributed by atoms with van der Waals surface area (Å²) in [6.45, 7) is 2.69. The van der Waals surface area contributed by atoms with Crippen LogP contribution in [0.5, 0.6) is 0 Å². The first-order chi connectivity index (χ1) is 9.08. The van der Waals surface area contributed by atoms with Crippen molar-refractivity contribution in [1.82, 2.24) is 10.6 Å². The maximum Gasteiger partial charge on any atom is 0.269 e. The molecule has 1 aliphatic heterocycles. The van der Waals surface area contributed by atoms with E-state index in [1.807, 2.05) is 6.92 Å². The number of hydrogen-bond acceptors (Lipinski definition) is 4. The highest BCUT2D eigenvalue weighted by Crippen LogP contribution is 2.19. The third-order valence-electron chi connectivity index (χ3n) is 3.34. The summed E-state index contributed by atoms with van der Waals surface area (Å²) in [6.07, 6.45) is 1.79. The van der Waals surface area contributed by atoms with Gasteiger partial charge < -0.3 is 5.32 Å². The van der Waals surface area contributed by atoms with E-state index >= 15 is 0 Å². The number of non-ortho nitro benzene ring substituents is 1. The molecule has 2 unspecified atom stereocenters. The molecule has 6 nitrogen and oxygen atoms in total. The zero-order valence-electron chi connectivity index (χ0n) is 10.8. The van der Waals surface area contributed by atoms with Gasteiger partial charge in [0.1, 0.15) is 0 Å². The molecule has 0 aromatic heterocycles. The lowest BCUT2D eigenvalue weighted by molar-refractivity contribution is -0.384. The van der Waals surface area contributed by atoms with Gasteiger partial charge in [-0.25, -0.2) is 0 Å². The number of nitrogens with one attached hydrogen (secondary N) is 2. The largest absolute Gasteiger partial charge is 0.355 e. The average molecular weight is 263 g/mol. The summed E-state index contributed by atoms with van der Waals surface area (Å²) in [5, 5.41) is 16.7. The minimum Gasteiger partial charge on any atom is -0.355 e. The van der Waals surface area contributed by atoms with Crippen LogP contribution in [0.4, 0.5) is 5.69 Å². The Balaban J connectivity index is 2.00. The smallest absolute Gasteiger partial charge is 0.269 e. The Bertz CT molecular complexity index is 473. The van der Waals surface area contributed by atoms with E-state index in [1.54, 1.807) is 12.1 Å². The molecule has 1 heterocycles. The maximum absolute atomic E-state index is 11.6. The van der Waals surface area contributed by atoms with Crippen LogP contribution in [-0.4, -0.2) is 23.4 Å². The van der Waals surface area contributed by atoms with Gasteiger partial charge in [-0.05, 0) is 25.3 Å². The summed E-state index contributed by atoms with van der Waals surface area (Å²) >= 11 is 0. The number of nitro groups is 1. The number of carbonyl (C=O) groups excluding carboxylic acids is 1. The molecule has 1 aromatic carbocycles. The molecule has 0 aliphatic carbocycles. The van der Waals surface area contributed by atoms with Crippen LogP contribution in [-0.2, 0) is 4.79 Å². The van der Waals surface area contributed by atoms with Crippen molar-refractivity contribution in [3.05, 3.63) is 39.9 Å². The van der Waals surface area contributed by atoms with Crippen LogP contribution >= 0.6 is 0 Å². The predicted molar refractivity (Wildman–Crippen MR) is 70.7 cm³/mol. The van der Waals surface area contributed by atoms with Gasteiger partial charge in [0.15, 0.2) is 0 Å². The maximum atomic E-state index is 11.6. The summed E-state index contributed by atoms with van der Waals surface area (Å²) < 4.78 is 0. The zero-order chi connectivity index (χ0) is 13.8. The van der Waals surface area contributed by atoms with Crippen molar-refractivity contribution >= 4 is 11.6 Å². The molecule has 0 bridgehead atoms. The minimum absolute atomic E-state index is 0.0188. The molecule has 0 radical (unpaired) electrons. The number of rotatable bonds is 4. The quantitative estimate of drug-likeness (QED) is 0.637. The van der Waals surface area contributed by atoms with E-state index in [9.17, 15) is 14.9 Å². The molecule has 2 atom stereocenters. The molecule has 1 amide bonds. The van der Waals surface area contributed by atoms with E-state index in [2.05, 4.69) is 10.6 Å². The van der Waals surface area contributed by atoms with Gasteiger partial charge in [0, 0.05) is 24.7 Å². The molecule has 1 fully saturated rings. The van der Waals surface area contributed by atoms with Gasteiger partial charge in [-0.15, -0.1) is 0 Å². The monoisotopic (exact) mass is 263 g/mol. The van der Waals surface area contributed by atoms with Crippen LogP contribution in [0.15, 0.2) is 24.3 Å². The topological polar surface area (TPSA) is 84.3 Å². The second-order valence-corrected chi connectivity index (χ2v) is 4.72. The van der Waals surface area contributed by atoms with Crippen LogP contribution in [0, 0.1) is 10.1 Å². The van der Waals surface area contributed by atoms with E-state index in [-0.39, 0.29) is 23.7 Å². The highest BCUT2D eigenvalue weighted by atomic mass is 16.6. The van der Waals surface area contributed by atoms with Gasteiger partial charge in [0.2, 0.25) is 5.91 Å². The average Bonchev–Trinajstić information content (AvgIpc) is 2.41. The van der Waals surface area contributed by atoms with E-state index in [4.69, 9.17) is 0 Å². The molecule has 102 valence electrons. The highest BCUT2D eigenvalue weighted by molar-refractivity contribution is 5.82. The van der Waals surface area contributed by atoms with Gasteiger partial charge in [0.05, 0.1) is 11.0 Å². The second-order valence-electron chi connectivity index (χ2n) is 4.72. The summed E-state index contributed by atoms with van der Waals surface area (Å²) in [5.41, 5.74) is 1.01. The lowest BCUT2D eigenvalue weighted by atomic mass is 10.0. The van der Waals surface area contributed by atoms with Gasteiger partial charge >= 0.3 is 0 Å². The lowest BCUT2D eigenvalue weighted by Gasteiger charge is -2.26. The Morgan fingerprint density at radius 3 is 2.68 bits per heavy atom. The number of amides is 1. The Labute approximate surface area is 111 Å². The van der Waals surface area contributed by atoms with Crippen molar-refractivity contribution in [1.29, 1.82) is 0 Å². The normalized spacial score (nSPS) is 20.7. The van der Waals surface area contributed by atoms with Crippen molar-refractivity contribution in [2.24, 2.45) is 0 Å². The molecule has 6 heteroatoms. The minimum atomic E-state index is -0.420. The van der Waals surface area contributed by atoms with E-state index in [1.165, 1.54) is 12.1 Å². The van der Waals surface area contributed by atoms with Crippen LogP contribution < -0.4 is 10.6 Å². The van der Waals surface area contributed by atoms with Crippen LogP contribution in [0.25, 0.3) is 0 Å². The summed E-state index contributed by atoms with van der Waals surface area (Å²) in [5.74, 6) is 0.0278. The molecule has 1 aliphatic rings. The van der Waals surface area contributed by atoms with Gasteiger partial charge in [-0.1, -0.05) is 12.1 Å². The molecular weight excluding hydrogens is 246 g/mol. The Kier molecular flexibility index (Phi) is 4.11. The second kappa shape index (κ2) is 5.79.